The minimum absolute atomic E-state index is 0.557. The molecule has 0 radical (unpaired) electrons. The minimum Gasteiger partial charge on any atom is -0.0833 e. The van der Waals surface area contributed by atoms with Crippen LogP contribution in [-0.4, -0.2) is 4.83 Å². The first kappa shape index (κ1) is 12.8. The van der Waals surface area contributed by atoms with E-state index >= 15 is 0 Å². The number of hydrogen-bond donors (Lipinski definition) is 0. The van der Waals surface area contributed by atoms with Crippen molar-refractivity contribution in [3.63, 3.8) is 0 Å². The van der Waals surface area contributed by atoms with Gasteiger partial charge in [-0.25, -0.2) is 0 Å². The highest BCUT2D eigenvalue weighted by molar-refractivity contribution is 9.14. The monoisotopic (exact) mass is 322 g/mol. The van der Waals surface area contributed by atoms with E-state index in [0.717, 1.165) is 0 Å². The third-order valence-electron chi connectivity index (χ3n) is 2.80. The van der Waals surface area contributed by atoms with Crippen LogP contribution in [0.3, 0.4) is 0 Å². The van der Waals surface area contributed by atoms with Gasteiger partial charge in [-0.05, 0) is 19.3 Å². The van der Waals surface area contributed by atoms with Gasteiger partial charge in [-0.1, -0.05) is 76.5 Å². The van der Waals surface area contributed by atoms with Crippen molar-refractivity contribution in [3.05, 3.63) is 10.6 Å². The maximum atomic E-state index is 3.73. The Hall–Kier alpha value is 0.700. The highest BCUT2D eigenvalue weighted by Gasteiger charge is 2.07. The van der Waals surface area contributed by atoms with Crippen molar-refractivity contribution in [1.29, 1.82) is 0 Å². The number of alkyl halides is 1. The smallest absolute Gasteiger partial charge is 0.0458 e. The average Bonchev–Trinajstić information content (AvgIpc) is 2.18. The summed E-state index contributed by atoms with van der Waals surface area (Å²) < 4.78 is 1.36. The van der Waals surface area contributed by atoms with E-state index in [9.17, 15) is 0 Å². The Labute approximate surface area is 105 Å². The SMILES string of the molecule is Br/C1=C\CCCCCCCCCC1Br. The van der Waals surface area contributed by atoms with Crippen LogP contribution in [0, 0.1) is 0 Å². The van der Waals surface area contributed by atoms with Crippen molar-refractivity contribution in [2.45, 2.75) is 62.6 Å². The Balaban J connectivity index is 2.36. The van der Waals surface area contributed by atoms with Crippen molar-refractivity contribution in [1.82, 2.24) is 0 Å². The lowest BCUT2D eigenvalue weighted by Crippen LogP contribution is -1.98. The van der Waals surface area contributed by atoms with Crippen molar-refractivity contribution in [2.24, 2.45) is 0 Å². The molecule has 0 amide bonds. The zero-order chi connectivity index (χ0) is 10.2. The van der Waals surface area contributed by atoms with Crippen LogP contribution in [0.15, 0.2) is 10.6 Å². The van der Waals surface area contributed by atoms with Gasteiger partial charge in [-0.2, -0.15) is 0 Å². The third-order valence-corrected chi connectivity index (χ3v) is 5.24. The fourth-order valence-electron chi connectivity index (χ4n) is 1.86. The van der Waals surface area contributed by atoms with E-state index < -0.39 is 0 Å². The molecule has 0 aromatic rings. The van der Waals surface area contributed by atoms with Gasteiger partial charge in [0, 0.05) is 9.31 Å². The van der Waals surface area contributed by atoms with Crippen LogP contribution in [0.4, 0.5) is 0 Å². The summed E-state index contributed by atoms with van der Waals surface area (Å²) in [5.74, 6) is 0. The molecule has 0 saturated heterocycles. The first-order valence-electron chi connectivity index (χ1n) is 5.80. The summed E-state index contributed by atoms with van der Waals surface area (Å²) in [7, 11) is 0. The van der Waals surface area contributed by atoms with Crippen LogP contribution in [0.25, 0.3) is 0 Å². The molecule has 1 rings (SSSR count). The molecule has 0 heterocycles. The standard InChI is InChI=1S/C12H20Br2/c13-11-9-7-5-3-1-2-4-6-8-10-12(11)14/h9,12H,1-8,10H2/b11-9-. The van der Waals surface area contributed by atoms with Gasteiger partial charge >= 0.3 is 0 Å². The van der Waals surface area contributed by atoms with E-state index in [1.54, 1.807) is 0 Å². The van der Waals surface area contributed by atoms with Gasteiger partial charge in [0.15, 0.2) is 0 Å². The van der Waals surface area contributed by atoms with Crippen LogP contribution < -0.4 is 0 Å². The second-order valence-corrected chi connectivity index (χ2v) is 6.13. The molecule has 0 nitrogen and oxygen atoms in total. The van der Waals surface area contributed by atoms with E-state index in [4.69, 9.17) is 0 Å². The van der Waals surface area contributed by atoms with Gasteiger partial charge in [-0.15, -0.1) is 0 Å². The molecule has 0 fully saturated rings. The maximum absolute atomic E-state index is 3.73. The number of halogens is 2. The molecular formula is C12H20Br2. The summed E-state index contributed by atoms with van der Waals surface area (Å²) in [6.45, 7) is 0. The highest BCUT2D eigenvalue weighted by atomic mass is 79.9. The van der Waals surface area contributed by atoms with E-state index in [2.05, 4.69) is 37.9 Å². The molecule has 1 aliphatic rings. The minimum atomic E-state index is 0.557. The van der Waals surface area contributed by atoms with Crippen LogP contribution in [0.1, 0.15) is 57.8 Å². The lowest BCUT2D eigenvalue weighted by Gasteiger charge is -2.10. The largest absolute Gasteiger partial charge is 0.0833 e. The maximum Gasteiger partial charge on any atom is 0.0458 e. The predicted molar refractivity (Wildman–Crippen MR) is 71.3 cm³/mol. The van der Waals surface area contributed by atoms with Crippen LogP contribution >= 0.6 is 31.9 Å². The number of hydrogen-bond acceptors (Lipinski definition) is 0. The predicted octanol–water partition coefficient (Wildman–Crippen LogP) is 5.55. The number of rotatable bonds is 0. The molecule has 14 heavy (non-hydrogen) atoms. The Morgan fingerprint density at radius 2 is 1.50 bits per heavy atom. The van der Waals surface area contributed by atoms with Gasteiger partial charge in [0.1, 0.15) is 0 Å². The number of allylic oxidation sites excluding steroid dienone is 2. The lowest BCUT2D eigenvalue weighted by molar-refractivity contribution is 0.569. The summed E-state index contributed by atoms with van der Waals surface area (Å²) in [6.07, 6.45) is 14.7. The molecule has 2 heteroatoms. The Morgan fingerprint density at radius 1 is 0.929 bits per heavy atom. The average molecular weight is 324 g/mol. The topological polar surface area (TPSA) is 0 Å². The molecule has 0 aromatic heterocycles. The lowest BCUT2D eigenvalue weighted by atomic mass is 10.0. The molecule has 82 valence electrons. The van der Waals surface area contributed by atoms with Crippen LogP contribution in [0.5, 0.6) is 0 Å². The molecule has 0 spiro atoms. The molecule has 0 aliphatic heterocycles. The Kier molecular flexibility index (Phi) is 7.23. The highest BCUT2D eigenvalue weighted by Crippen LogP contribution is 2.26. The van der Waals surface area contributed by atoms with Gasteiger partial charge < -0.3 is 0 Å². The van der Waals surface area contributed by atoms with Gasteiger partial charge in [0.25, 0.3) is 0 Å². The summed E-state index contributed by atoms with van der Waals surface area (Å²) in [5, 5.41) is 0. The normalized spacial score (nSPS) is 31.0. The summed E-state index contributed by atoms with van der Waals surface area (Å²) >= 11 is 7.39. The Morgan fingerprint density at radius 3 is 2.21 bits per heavy atom. The van der Waals surface area contributed by atoms with Crippen molar-refractivity contribution < 1.29 is 0 Å². The van der Waals surface area contributed by atoms with Crippen molar-refractivity contribution in [2.75, 3.05) is 0 Å². The van der Waals surface area contributed by atoms with E-state index in [0.29, 0.717) is 4.83 Å². The Bertz CT molecular complexity index is 175. The van der Waals surface area contributed by atoms with Crippen molar-refractivity contribution in [3.8, 4) is 0 Å². The second kappa shape index (κ2) is 7.92. The zero-order valence-corrected chi connectivity index (χ0v) is 11.9. The van der Waals surface area contributed by atoms with Gasteiger partial charge in [0.05, 0.1) is 0 Å². The van der Waals surface area contributed by atoms with E-state index in [1.165, 1.54) is 62.3 Å². The molecule has 1 atom stereocenters. The van der Waals surface area contributed by atoms with Crippen molar-refractivity contribution >= 4 is 31.9 Å². The first-order valence-corrected chi connectivity index (χ1v) is 7.51. The molecule has 1 aliphatic carbocycles. The molecule has 0 aromatic carbocycles. The van der Waals surface area contributed by atoms with E-state index in [-0.39, 0.29) is 0 Å². The molecular weight excluding hydrogens is 304 g/mol. The summed E-state index contributed by atoms with van der Waals surface area (Å²) in [6, 6.07) is 0. The third kappa shape index (κ3) is 5.55. The van der Waals surface area contributed by atoms with Gasteiger partial charge in [-0.3, -0.25) is 0 Å². The molecule has 0 N–H and O–H groups in total. The van der Waals surface area contributed by atoms with Crippen LogP contribution in [-0.2, 0) is 0 Å². The molecule has 1 unspecified atom stereocenters. The van der Waals surface area contributed by atoms with Crippen LogP contribution in [0.2, 0.25) is 0 Å². The molecule has 0 saturated carbocycles. The summed E-state index contributed by atoms with van der Waals surface area (Å²) in [5.41, 5.74) is 0. The summed E-state index contributed by atoms with van der Waals surface area (Å²) in [4.78, 5) is 0.557. The fourth-order valence-corrected chi connectivity index (χ4v) is 2.83. The first-order chi connectivity index (χ1) is 6.80. The van der Waals surface area contributed by atoms with E-state index in [1.807, 2.05) is 0 Å². The molecule has 0 bridgehead atoms. The quantitative estimate of drug-likeness (QED) is 0.512. The fraction of sp³-hybridized carbons (Fsp3) is 0.833. The zero-order valence-electron chi connectivity index (χ0n) is 8.77. The second-order valence-electron chi connectivity index (χ2n) is 4.11. The van der Waals surface area contributed by atoms with Gasteiger partial charge in [0.2, 0.25) is 0 Å².